The van der Waals surface area contributed by atoms with Gasteiger partial charge in [0.15, 0.2) is 0 Å². The number of nitrogens with zero attached hydrogens (tertiary/aromatic N) is 1. The van der Waals surface area contributed by atoms with E-state index in [1.54, 1.807) is 25.7 Å². The van der Waals surface area contributed by atoms with Crippen molar-refractivity contribution in [2.75, 3.05) is 13.1 Å². The largest absolute Gasteiger partial charge is 0.393 e. The maximum atomic E-state index is 13.8. The van der Waals surface area contributed by atoms with Crippen molar-refractivity contribution in [3.63, 3.8) is 0 Å². The molecule has 7 heteroatoms. The molecule has 1 aliphatic heterocycles. The molecular weight excluding hydrogens is 330 g/mol. The Bertz CT molecular complexity index is 629. The average Bonchev–Trinajstić information content (AvgIpc) is 3.01. The van der Waals surface area contributed by atoms with Gasteiger partial charge in [0, 0.05) is 19.0 Å². The number of halogens is 2. The molecule has 1 saturated heterocycles. The molecule has 2 rings (SSSR count). The van der Waals surface area contributed by atoms with E-state index in [-0.39, 0.29) is 17.7 Å². The molecule has 0 saturated carbocycles. The molecule has 0 spiro atoms. The summed E-state index contributed by atoms with van der Waals surface area (Å²) in [6.07, 6.45) is 0.168. The van der Waals surface area contributed by atoms with Crippen molar-refractivity contribution < 1.29 is 23.5 Å². The van der Waals surface area contributed by atoms with Crippen LogP contribution in [0.15, 0.2) is 18.2 Å². The summed E-state index contributed by atoms with van der Waals surface area (Å²) in [5.41, 5.74) is -0.691. The Kier molecular flexibility index (Phi) is 6.11. The van der Waals surface area contributed by atoms with Gasteiger partial charge in [-0.3, -0.25) is 9.59 Å². The van der Waals surface area contributed by atoms with E-state index in [0.29, 0.717) is 19.5 Å². The van der Waals surface area contributed by atoms with Crippen molar-refractivity contribution in [3.8, 4) is 0 Å². The number of aliphatic hydroxyl groups is 1. The highest BCUT2D eigenvalue weighted by atomic mass is 19.1. The number of carbonyl (C=O) groups is 2. The van der Waals surface area contributed by atoms with Gasteiger partial charge >= 0.3 is 0 Å². The average molecular weight is 354 g/mol. The molecule has 1 fully saturated rings. The Balaban J connectivity index is 2.13. The molecule has 1 aromatic rings. The summed E-state index contributed by atoms with van der Waals surface area (Å²) in [4.78, 5) is 26.6. The first-order valence-corrected chi connectivity index (χ1v) is 8.44. The molecule has 2 amide bonds. The van der Waals surface area contributed by atoms with Crippen LogP contribution in [0.2, 0.25) is 0 Å². The minimum absolute atomic E-state index is 0.00326. The maximum Gasteiger partial charge on any atom is 0.257 e. The van der Waals surface area contributed by atoms with Crippen LogP contribution >= 0.6 is 0 Å². The molecular formula is C18H24F2N2O3. The van der Waals surface area contributed by atoms with E-state index in [4.69, 9.17) is 0 Å². The Morgan fingerprint density at radius 1 is 1.24 bits per heavy atom. The third kappa shape index (κ3) is 4.34. The van der Waals surface area contributed by atoms with Crippen LogP contribution in [0.4, 0.5) is 8.78 Å². The van der Waals surface area contributed by atoms with Crippen LogP contribution in [-0.4, -0.2) is 47.1 Å². The summed E-state index contributed by atoms with van der Waals surface area (Å²) in [5.74, 6) is -3.45. The molecule has 1 aliphatic rings. The lowest BCUT2D eigenvalue weighted by atomic mass is 10.0. The second kappa shape index (κ2) is 7.91. The van der Waals surface area contributed by atoms with E-state index in [0.717, 1.165) is 12.1 Å². The molecule has 1 aromatic carbocycles. The lowest BCUT2D eigenvalue weighted by Gasteiger charge is -2.27. The predicted octanol–water partition coefficient (Wildman–Crippen LogP) is 1.95. The first-order valence-electron chi connectivity index (χ1n) is 8.44. The first kappa shape index (κ1) is 19.3. The molecule has 138 valence electrons. The summed E-state index contributed by atoms with van der Waals surface area (Å²) in [6.45, 7) is 6.08. The van der Waals surface area contributed by atoms with E-state index < -0.39 is 35.3 Å². The summed E-state index contributed by atoms with van der Waals surface area (Å²) >= 11 is 0. The highest BCUT2D eigenvalue weighted by Crippen LogP contribution is 2.22. The molecule has 1 heterocycles. The summed E-state index contributed by atoms with van der Waals surface area (Å²) in [7, 11) is 0. The second-order valence-corrected chi connectivity index (χ2v) is 6.87. The second-order valence-electron chi connectivity index (χ2n) is 6.87. The van der Waals surface area contributed by atoms with Crippen LogP contribution in [0.5, 0.6) is 0 Å². The number of hydrogen-bond acceptors (Lipinski definition) is 3. The van der Waals surface area contributed by atoms with E-state index >= 15 is 0 Å². The van der Waals surface area contributed by atoms with Crippen LogP contribution < -0.4 is 5.32 Å². The van der Waals surface area contributed by atoms with Crippen molar-refractivity contribution in [3.05, 3.63) is 35.4 Å². The van der Waals surface area contributed by atoms with Gasteiger partial charge < -0.3 is 15.3 Å². The van der Waals surface area contributed by atoms with Gasteiger partial charge in [-0.25, -0.2) is 8.78 Å². The highest BCUT2D eigenvalue weighted by molar-refractivity contribution is 5.98. The molecule has 25 heavy (non-hydrogen) atoms. The van der Waals surface area contributed by atoms with Crippen molar-refractivity contribution in [1.29, 1.82) is 0 Å². The third-order valence-electron chi connectivity index (χ3n) is 4.63. The summed E-state index contributed by atoms with van der Waals surface area (Å²) in [6, 6.07) is 2.28. The molecule has 3 atom stereocenters. The number of hydrogen-bond donors (Lipinski definition) is 2. The molecule has 0 radical (unpaired) electrons. The number of benzene rings is 1. The fourth-order valence-corrected chi connectivity index (χ4v) is 3.02. The zero-order valence-electron chi connectivity index (χ0n) is 14.6. The predicted molar refractivity (Wildman–Crippen MR) is 88.8 cm³/mol. The number of rotatable bonds is 5. The lowest BCUT2D eigenvalue weighted by Crippen LogP contribution is -2.51. The zero-order valence-corrected chi connectivity index (χ0v) is 14.6. The van der Waals surface area contributed by atoms with Crippen molar-refractivity contribution in [2.45, 2.75) is 39.3 Å². The van der Waals surface area contributed by atoms with Crippen LogP contribution in [0.3, 0.4) is 0 Å². The van der Waals surface area contributed by atoms with Crippen LogP contribution in [0.1, 0.15) is 37.6 Å². The smallest absolute Gasteiger partial charge is 0.257 e. The zero-order chi connectivity index (χ0) is 18.7. The molecule has 0 bridgehead atoms. The number of nitrogens with one attached hydrogen (secondary N) is 1. The lowest BCUT2D eigenvalue weighted by molar-refractivity contribution is -0.133. The molecule has 0 aromatic heterocycles. The normalized spacial score (nSPS) is 19.8. The van der Waals surface area contributed by atoms with Crippen molar-refractivity contribution in [1.82, 2.24) is 10.2 Å². The monoisotopic (exact) mass is 354 g/mol. The van der Waals surface area contributed by atoms with Crippen LogP contribution in [0.25, 0.3) is 0 Å². The van der Waals surface area contributed by atoms with E-state index in [1.165, 1.54) is 6.07 Å². The number of aliphatic hydroxyl groups excluding tert-OH is 1. The quantitative estimate of drug-likeness (QED) is 0.849. The minimum Gasteiger partial charge on any atom is -0.393 e. The number of carbonyl (C=O) groups excluding carboxylic acids is 2. The highest BCUT2D eigenvalue weighted by Gasteiger charge is 2.35. The fourth-order valence-electron chi connectivity index (χ4n) is 3.02. The van der Waals surface area contributed by atoms with E-state index in [1.807, 2.05) is 0 Å². The molecule has 0 unspecified atom stereocenters. The van der Waals surface area contributed by atoms with Gasteiger partial charge in [0.2, 0.25) is 5.91 Å². The first-order chi connectivity index (χ1) is 11.7. The van der Waals surface area contributed by atoms with Gasteiger partial charge in [0.25, 0.3) is 5.91 Å². The third-order valence-corrected chi connectivity index (χ3v) is 4.63. The number of likely N-dealkylation sites (tertiary alicyclic amines) is 1. The summed E-state index contributed by atoms with van der Waals surface area (Å²) in [5, 5.41) is 12.1. The van der Waals surface area contributed by atoms with Gasteiger partial charge in [-0.1, -0.05) is 19.9 Å². The minimum atomic E-state index is -0.970. The molecule has 0 aliphatic carbocycles. The number of amides is 2. The fraction of sp³-hybridized carbons (Fsp3) is 0.556. The molecule has 2 N–H and O–H groups in total. The van der Waals surface area contributed by atoms with Crippen molar-refractivity contribution in [2.24, 2.45) is 11.8 Å². The van der Waals surface area contributed by atoms with Crippen molar-refractivity contribution >= 4 is 11.8 Å². The van der Waals surface area contributed by atoms with Gasteiger partial charge in [-0.2, -0.15) is 0 Å². The Morgan fingerprint density at radius 2 is 1.84 bits per heavy atom. The van der Waals surface area contributed by atoms with Crippen LogP contribution in [0, 0.1) is 23.5 Å². The van der Waals surface area contributed by atoms with Crippen LogP contribution in [-0.2, 0) is 4.79 Å². The Morgan fingerprint density at radius 3 is 2.32 bits per heavy atom. The van der Waals surface area contributed by atoms with Gasteiger partial charge in [-0.05, 0) is 31.4 Å². The molecule has 5 nitrogen and oxygen atoms in total. The van der Waals surface area contributed by atoms with Gasteiger partial charge in [-0.15, -0.1) is 0 Å². The Hall–Kier alpha value is -2.02. The summed E-state index contributed by atoms with van der Waals surface area (Å²) < 4.78 is 27.5. The standard InChI is InChI=1S/C18H24F2N2O3/c1-10(2)16(18(25)22-8-7-12(9-22)11(3)23)21-17(24)15-13(19)5-4-6-14(15)20/h4-6,10-12,16,23H,7-9H2,1-3H3,(H,21,24)/t11-,12+,16-/m0/s1. The van der Waals surface area contributed by atoms with E-state index in [2.05, 4.69) is 5.32 Å². The SMILES string of the molecule is CC(C)[C@H](NC(=O)c1c(F)cccc1F)C(=O)N1CC[C@@H]([C@H](C)O)C1. The van der Waals surface area contributed by atoms with E-state index in [9.17, 15) is 23.5 Å². The van der Waals surface area contributed by atoms with Gasteiger partial charge in [0.1, 0.15) is 23.2 Å². The maximum absolute atomic E-state index is 13.8. The van der Waals surface area contributed by atoms with Gasteiger partial charge in [0.05, 0.1) is 6.10 Å². The topological polar surface area (TPSA) is 69.6 Å². The Labute approximate surface area is 146 Å².